The van der Waals surface area contributed by atoms with Gasteiger partial charge in [0.1, 0.15) is 0 Å². The highest BCUT2D eigenvalue weighted by molar-refractivity contribution is 6.04. The molecule has 20 heavy (non-hydrogen) atoms. The molecule has 0 spiro atoms. The Kier molecular flexibility index (Phi) is 3.98. The van der Waals surface area contributed by atoms with E-state index >= 15 is 0 Å². The van der Waals surface area contributed by atoms with Crippen molar-refractivity contribution in [2.75, 3.05) is 24.3 Å². The van der Waals surface area contributed by atoms with E-state index < -0.39 is 0 Å². The maximum absolute atomic E-state index is 12.2. The third-order valence-corrected chi connectivity index (χ3v) is 2.92. The van der Waals surface area contributed by atoms with Crippen LogP contribution in [0, 0.1) is 13.8 Å². The fourth-order valence-corrected chi connectivity index (χ4v) is 1.73. The number of rotatable bonds is 3. The van der Waals surface area contributed by atoms with Gasteiger partial charge in [-0.15, -0.1) is 0 Å². The topological polar surface area (TPSA) is 58.1 Å². The van der Waals surface area contributed by atoms with Gasteiger partial charge in [0.2, 0.25) is 5.95 Å². The number of nitrogens with zero attached hydrogens (tertiary/aromatic N) is 3. The Morgan fingerprint density at radius 1 is 1.15 bits per heavy atom. The van der Waals surface area contributed by atoms with Gasteiger partial charge in [0, 0.05) is 26.0 Å². The van der Waals surface area contributed by atoms with Crippen LogP contribution in [-0.2, 0) is 0 Å². The van der Waals surface area contributed by atoms with Gasteiger partial charge < -0.3 is 10.2 Å². The highest BCUT2D eigenvalue weighted by atomic mass is 16.1. The van der Waals surface area contributed by atoms with Gasteiger partial charge in [-0.2, -0.15) is 0 Å². The van der Waals surface area contributed by atoms with Gasteiger partial charge in [-0.1, -0.05) is 17.7 Å². The molecule has 0 aliphatic rings. The van der Waals surface area contributed by atoms with Crippen LogP contribution in [0.25, 0.3) is 0 Å². The second kappa shape index (κ2) is 5.69. The molecule has 1 aromatic carbocycles. The van der Waals surface area contributed by atoms with Crippen molar-refractivity contribution in [1.82, 2.24) is 9.97 Å². The summed E-state index contributed by atoms with van der Waals surface area (Å²) in [4.78, 5) is 22.5. The molecule has 0 fully saturated rings. The van der Waals surface area contributed by atoms with Crippen LogP contribution in [0.3, 0.4) is 0 Å². The molecule has 2 aromatic rings. The van der Waals surface area contributed by atoms with Crippen LogP contribution in [0.2, 0.25) is 0 Å². The Morgan fingerprint density at radius 2 is 1.80 bits per heavy atom. The van der Waals surface area contributed by atoms with Crippen LogP contribution in [0.5, 0.6) is 0 Å². The smallest absolute Gasteiger partial charge is 0.259 e. The summed E-state index contributed by atoms with van der Waals surface area (Å²) in [5.41, 5.74) is 3.05. The molecule has 5 nitrogen and oxygen atoms in total. The molecule has 1 N–H and O–H groups in total. The molecule has 0 saturated carbocycles. The molecule has 0 saturated heterocycles. The summed E-state index contributed by atoms with van der Waals surface area (Å²) in [7, 11) is 3.72. The molecule has 0 aliphatic carbocycles. The van der Waals surface area contributed by atoms with Crippen molar-refractivity contribution in [3.8, 4) is 0 Å². The number of anilines is 2. The number of hydrogen-bond donors (Lipinski definition) is 1. The van der Waals surface area contributed by atoms with Crippen molar-refractivity contribution in [2.24, 2.45) is 0 Å². The molecule has 104 valence electrons. The molecule has 0 unspecified atom stereocenters. The molecule has 0 atom stereocenters. The Hall–Kier alpha value is -2.43. The van der Waals surface area contributed by atoms with E-state index in [0.717, 1.165) is 11.3 Å². The van der Waals surface area contributed by atoms with Crippen molar-refractivity contribution < 1.29 is 4.79 Å². The standard InChI is InChI=1S/C15H18N4O/c1-10-5-7-12(8-6-10)18-14(20)13-9-16-15(19(3)4)17-11(13)2/h5-9H,1-4H3,(H,18,20). The zero-order chi connectivity index (χ0) is 14.7. The summed E-state index contributed by atoms with van der Waals surface area (Å²) < 4.78 is 0. The second-order valence-electron chi connectivity index (χ2n) is 4.88. The lowest BCUT2D eigenvalue weighted by Gasteiger charge is -2.12. The maximum Gasteiger partial charge on any atom is 0.259 e. The normalized spacial score (nSPS) is 10.2. The van der Waals surface area contributed by atoms with Crippen LogP contribution >= 0.6 is 0 Å². The average molecular weight is 270 g/mol. The monoisotopic (exact) mass is 270 g/mol. The van der Waals surface area contributed by atoms with E-state index in [1.807, 2.05) is 45.3 Å². The quantitative estimate of drug-likeness (QED) is 0.930. The van der Waals surface area contributed by atoms with Crippen molar-refractivity contribution in [1.29, 1.82) is 0 Å². The van der Waals surface area contributed by atoms with Gasteiger partial charge in [-0.3, -0.25) is 4.79 Å². The molecule has 0 bridgehead atoms. The van der Waals surface area contributed by atoms with E-state index in [9.17, 15) is 4.79 Å². The van der Waals surface area contributed by atoms with Gasteiger partial charge in [-0.25, -0.2) is 9.97 Å². The van der Waals surface area contributed by atoms with Crippen LogP contribution in [0.15, 0.2) is 30.5 Å². The minimum absolute atomic E-state index is 0.198. The first-order valence-electron chi connectivity index (χ1n) is 6.36. The van der Waals surface area contributed by atoms with Crippen LogP contribution < -0.4 is 10.2 Å². The summed E-state index contributed by atoms with van der Waals surface area (Å²) in [6.07, 6.45) is 1.56. The minimum Gasteiger partial charge on any atom is -0.347 e. The van der Waals surface area contributed by atoms with Gasteiger partial charge in [0.05, 0.1) is 11.3 Å². The molecule has 1 heterocycles. The lowest BCUT2D eigenvalue weighted by Crippen LogP contribution is -2.18. The summed E-state index contributed by atoms with van der Waals surface area (Å²) in [6, 6.07) is 7.65. The Balaban J connectivity index is 2.19. The minimum atomic E-state index is -0.198. The highest BCUT2D eigenvalue weighted by Crippen LogP contribution is 2.13. The molecule has 0 radical (unpaired) electrons. The SMILES string of the molecule is Cc1ccc(NC(=O)c2cnc(N(C)C)nc2C)cc1. The van der Waals surface area contributed by atoms with Crippen LogP contribution in [0.1, 0.15) is 21.6 Å². The summed E-state index contributed by atoms with van der Waals surface area (Å²) in [6.45, 7) is 3.81. The number of aryl methyl sites for hydroxylation is 2. The zero-order valence-corrected chi connectivity index (χ0v) is 12.1. The van der Waals surface area contributed by atoms with E-state index in [0.29, 0.717) is 17.2 Å². The van der Waals surface area contributed by atoms with Crippen LogP contribution in [0.4, 0.5) is 11.6 Å². The Bertz CT molecular complexity index is 620. The van der Waals surface area contributed by atoms with E-state index in [1.165, 1.54) is 0 Å². The van der Waals surface area contributed by atoms with E-state index in [4.69, 9.17) is 0 Å². The highest BCUT2D eigenvalue weighted by Gasteiger charge is 2.12. The van der Waals surface area contributed by atoms with Crippen molar-refractivity contribution in [3.05, 3.63) is 47.3 Å². The largest absolute Gasteiger partial charge is 0.347 e. The first kappa shape index (κ1) is 14.0. The lowest BCUT2D eigenvalue weighted by molar-refractivity contribution is 0.102. The second-order valence-corrected chi connectivity index (χ2v) is 4.88. The van der Waals surface area contributed by atoms with Crippen LogP contribution in [-0.4, -0.2) is 30.0 Å². The van der Waals surface area contributed by atoms with Crippen molar-refractivity contribution in [3.63, 3.8) is 0 Å². The maximum atomic E-state index is 12.2. The van der Waals surface area contributed by atoms with Crippen molar-refractivity contribution >= 4 is 17.5 Å². The lowest BCUT2D eigenvalue weighted by atomic mass is 10.2. The number of carbonyl (C=O) groups is 1. The number of aromatic nitrogens is 2. The third-order valence-electron chi connectivity index (χ3n) is 2.92. The number of amides is 1. The fraction of sp³-hybridized carbons (Fsp3) is 0.267. The number of benzene rings is 1. The van der Waals surface area contributed by atoms with Gasteiger partial charge in [0.25, 0.3) is 5.91 Å². The Morgan fingerprint density at radius 3 is 2.35 bits per heavy atom. The average Bonchev–Trinajstić information content (AvgIpc) is 2.41. The Labute approximate surface area is 118 Å². The first-order valence-corrected chi connectivity index (χ1v) is 6.36. The predicted octanol–water partition coefficient (Wildman–Crippen LogP) is 2.41. The number of nitrogens with one attached hydrogen (secondary N) is 1. The first-order chi connectivity index (χ1) is 9.47. The third kappa shape index (κ3) is 3.12. The summed E-state index contributed by atoms with van der Waals surface area (Å²) in [5.74, 6) is 0.394. The molecule has 0 aliphatic heterocycles. The van der Waals surface area contributed by atoms with Gasteiger partial charge in [0.15, 0.2) is 0 Å². The van der Waals surface area contributed by atoms with E-state index in [1.54, 1.807) is 18.0 Å². The number of hydrogen-bond acceptors (Lipinski definition) is 4. The predicted molar refractivity (Wildman–Crippen MR) is 80.2 cm³/mol. The molecule has 5 heteroatoms. The number of carbonyl (C=O) groups excluding carboxylic acids is 1. The molecule has 2 rings (SSSR count). The van der Waals surface area contributed by atoms with E-state index in [2.05, 4.69) is 15.3 Å². The molecule has 1 aromatic heterocycles. The molecular formula is C15H18N4O. The summed E-state index contributed by atoms with van der Waals surface area (Å²) in [5, 5.41) is 2.84. The van der Waals surface area contributed by atoms with E-state index in [-0.39, 0.29) is 5.91 Å². The molecule has 1 amide bonds. The summed E-state index contributed by atoms with van der Waals surface area (Å²) >= 11 is 0. The van der Waals surface area contributed by atoms with Crippen molar-refractivity contribution in [2.45, 2.75) is 13.8 Å². The van der Waals surface area contributed by atoms with Gasteiger partial charge >= 0.3 is 0 Å². The fourth-order valence-electron chi connectivity index (χ4n) is 1.73. The zero-order valence-electron chi connectivity index (χ0n) is 12.1. The molecular weight excluding hydrogens is 252 g/mol. The van der Waals surface area contributed by atoms with Gasteiger partial charge in [-0.05, 0) is 26.0 Å².